The number of hydrogen-bond donors (Lipinski definition) is 1. The van der Waals surface area contributed by atoms with Crippen LogP contribution in [0, 0.1) is 6.92 Å². The van der Waals surface area contributed by atoms with E-state index in [1.54, 1.807) is 23.5 Å². The number of halogens is 1. The Morgan fingerprint density at radius 1 is 1.38 bits per heavy atom. The first-order valence-corrected chi connectivity index (χ1v) is 5.92. The molecule has 2 rings (SSSR count). The molecule has 0 aliphatic carbocycles. The number of carboxylic acid groups (broad SMARTS) is 1. The highest BCUT2D eigenvalue weighted by atomic mass is 35.5. The molecule has 0 bridgehead atoms. The minimum Gasteiger partial charge on any atom is -0.478 e. The van der Waals surface area contributed by atoms with E-state index in [0.29, 0.717) is 0 Å². The van der Waals surface area contributed by atoms with Crippen LogP contribution in [0.3, 0.4) is 0 Å². The van der Waals surface area contributed by atoms with Crippen LogP contribution < -0.4 is 0 Å². The third-order valence-corrected chi connectivity index (χ3v) is 3.72. The second-order valence-corrected chi connectivity index (χ2v) is 4.76. The minimum atomic E-state index is -0.999. The molecule has 0 amide bonds. The van der Waals surface area contributed by atoms with Gasteiger partial charge in [0.15, 0.2) is 0 Å². The van der Waals surface area contributed by atoms with Crippen LogP contribution in [-0.4, -0.2) is 11.1 Å². The van der Waals surface area contributed by atoms with Crippen LogP contribution >= 0.6 is 22.9 Å². The van der Waals surface area contributed by atoms with Crippen molar-refractivity contribution < 1.29 is 9.90 Å². The first-order valence-electron chi connectivity index (χ1n) is 4.67. The maximum atomic E-state index is 10.9. The number of benzene rings is 1. The van der Waals surface area contributed by atoms with Gasteiger partial charge in [-0.3, -0.25) is 0 Å². The zero-order valence-electron chi connectivity index (χ0n) is 8.53. The van der Waals surface area contributed by atoms with Crippen molar-refractivity contribution in [3.63, 3.8) is 0 Å². The lowest BCUT2D eigenvalue weighted by atomic mass is 10.1. The summed E-state index contributed by atoms with van der Waals surface area (Å²) in [6, 6.07) is 7.09. The van der Waals surface area contributed by atoms with E-state index in [1.807, 2.05) is 24.4 Å². The molecule has 0 unspecified atom stereocenters. The van der Waals surface area contributed by atoms with Gasteiger partial charge in [-0.2, -0.15) is 0 Å². The van der Waals surface area contributed by atoms with Crippen molar-refractivity contribution in [2.45, 2.75) is 6.92 Å². The molecule has 82 valence electrons. The van der Waals surface area contributed by atoms with E-state index in [1.165, 1.54) is 0 Å². The summed E-state index contributed by atoms with van der Waals surface area (Å²) >= 11 is 7.41. The van der Waals surface area contributed by atoms with Crippen LogP contribution in [0.1, 0.15) is 15.9 Å². The fraction of sp³-hybridized carbons (Fsp3) is 0.0833. The highest BCUT2D eigenvalue weighted by Gasteiger charge is 2.11. The van der Waals surface area contributed by atoms with Gasteiger partial charge in [-0.15, -0.1) is 11.3 Å². The molecule has 2 nitrogen and oxygen atoms in total. The number of carboxylic acids is 1. The highest BCUT2D eigenvalue weighted by molar-refractivity contribution is 7.13. The van der Waals surface area contributed by atoms with Crippen LogP contribution in [0.25, 0.3) is 10.4 Å². The molecule has 16 heavy (non-hydrogen) atoms. The van der Waals surface area contributed by atoms with Crippen molar-refractivity contribution in [1.29, 1.82) is 0 Å². The second-order valence-electron chi connectivity index (χ2n) is 3.43. The number of aryl methyl sites for hydroxylation is 1. The summed E-state index contributed by atoms with van der Waals surface area (Å²) in [5, 5.41) is 11.2. The normalized spacial score (nSPS) is 10.4. The number of rotatable bonds is 2. The average Bonchev–Trinajstić information content (AvgIpc) is 2.65. The third kappa shape index (κ3) is 1.96. The van der Waals surface area contributed by atoms with E-state index in [2.05, 4.69) is 0 Å². The van der Waals surface area contributed by atoms with Crippen molar-refractivity contribution in [3.05, 3.63) is 45.8 Å². The molecule has 4 heteroatoms. The minimum absolute atomic E-state index is 0.145. The quantitative estimate of drug-likeness (QED) is 0.875. The summed E-state index contributed by atoms with van der Waals surface area (Å²) in [6.45, 7) is 2.00. The fourth-order valence-electron chi connectivity index (χ4n) is 1.50. The maximum Gasteiger partial charge on any atom is 0.337 e. The molecule has 0 radical (unpaired) electrons. The topological polar surface area (TPSA) is 37.3 Å². The number of aromatic carboxylic acids is 1. The van der Waals surface area contributed by atoms with Crippen molar-refractivity contribution >= 4 is 28.9 Å². The van der Waals surface area contributed by atoms with Gasteiger partial charge >= 0.3 is 5.97 Å². The molecule has 0 fully saturated rings. The van der Waals surface area contributed by atoms with Gasteiger partial charge in [-0.1, -0.05) is 17.7 Å². The van der Waals surface area contributed by atoms with Crippen LogP contribution in [0.15, 0.2) is 29.6 Å². The monoisotopic (exact) mass is 252 g/mol. The Kier molecular flexibility index (Phi) is 2.99. The van der Waals surface area contributed by atoms with Crippen molar-refractivity contribution in [2.75, 3.05) is 0 Å². The Hall–Kier alpha value is -1.32. The number of thiophene rings is 1. The predicted octanol–water partition coefficient (Wildman–Crippen LogP) is 4.08. The second kappa shape index (κ2) is 4.28. The van der Waals surface area contributed by atoms with Crippen LogP contribution in [0.4, 0.5) is 0 Å². The first kappa shape index (κ1) is 11.2. The summed E-state index contributed by atoms with van der Waals surface area (Å²) in [5.41, 5.74) is 2.19. The van der Waals surface area contributed by atoms with Gasteiger partial charge in [0, 0.05) is 4.88 Å². The summed E-state index contributed by atoms with van der Waals surface area (Å²) < 4.78 is 0. The van der Waals surface area contributed by atoms with Crippen LogP contribution in [0.2, 0.25) is 5.02 Å². The molecule has 2 aromatic rings. The SMILES string of the molecule is Cc1ccsc1-c1ccc(Cl)c(C(=O)O)c1. The number of hydrogen-bond acceptors (Lipinski definition) is 2. The highest BCUT2D eigenvalue weighted by Crippen LogP contribution is 2.31. The van der Waals surface area contributed by atoms with Gasteiger partial charge in [0.2, 0.25) is 0 Å². The van der Waals surface area contributed by atoms with E-state index in [0.717, 1.165) is 16.0 Å². The molecular weight excluding hydrogens is 244 g/mol. The lowest BCUT2D eigenvalue weighted by Crippen LogP contribution is -1.97. The van der Waals surface area contributed by atoms with E-state index in [9.17, 15) is 4.79 Å². The summed E-state index contributed by atoms with van der Waals surface area (Å²) in [7, 11) is 0. The molecule has 0 atom stereocenters. The van der Waals surface area contributed by atoms with E-state index in [4.69, 9.17) is 16.7 Å². The van der Waals surface area contributed by atoms with E-state index < -0.39 is 5.97 Å². The van der Waals surface area contributed by atoms with Crippen molar-refractivity contribution in [3.8, 4) is 10.4 Å². The van der Waals surface area contributed by atoms with Gasteiger partial charge in [-0.05, 0) is 41.6 Å². The molecule has 1 aromatic carbocycles. The lowest BCUT2D eigenvalue weighted by molar-refractivity contribution is 0.0697. The molecule has 0 aliphatic heterocycles. The van der Waals surface area contributed by atoms with Crippen LogP contribution in [0.5, 0.6) is 0 Å². The molecule has 1 N–H and O–H groups in total. The largest absolute Gasteiger partial charge is 0.478 e. The van der Waals surface area contributed by atoms with Crippen LogP contribution in [-0.2, 0) is 0 Å². The number of carbonyl (C=O) groups is 1. The molecule has 0 aliphatic rings. The zero-order valence-corrected chi connectivity index (χ0v) is 10.1. The molecule has 0 saturated carbocycles. The Labute approximate surface area is 102 Å². The van der Waals surface area contributed by atoms with Gasteiger partial charge < -0.3 is 5.11 Å². The Morgan fingerprint density at radius 3 is 2.69 bits per heavy atom. The molecule has 0 spiro atoms. The summed E-state index contributed by atoms with van der Waals surface area (Å²) in [5.74, 6) is -0.999. The Morgan fingerprint density at radius 2 is 2.12 bits per heavy atom. The molecule has 1 aromatic heterocycles. The zero-order chi connectivity index (χ0) is 11.7. The average molecular weight is 253 g/mol. The standard InChI is InChI=1S/C12H9ClO2S/c1-7-4-5-16-11(7)8-2-3-10(13)9(6-8)12(14)15/h2-6H,1H3,(H,14,15). The summed E-state index contributed by atoms with van der Waals surface area (Å²) in [6.07, 6.45) is 0. The first-order chi connectivity index (χ1) is 7.59. The van der Waals surface area contributed by atoms with Crippen molar-refractivity contribution in [1.82, 2.24) is 0 Å². The van der Waals surface area contributed by atoms with Gasteiger partial charge in [0.1, 0.15) is 0 Å². The Balaban J connectivity index is 2.56. The van der Waals surface area contributed by atoms with Gasteiger partial charge in [0.05, 0.1) is 10.6 Å². The summed E-state index contributed by atoms with van der Waals surface area (Å²) in [4.78, 5) is 12.0. The fourth-order valence-corrected chi connectivity index (χ4v) is 2.62. The van der Waals surface area contributed by atoms with Gasteiger partial charge in [-0.25, -0.2) is 4.79 Å². The maximum absolute atomic E-state index is 10.9. The Bertz CT molecular complexity index is 546. The molecule has 0 saturated heterocycles. The van der Waals surface area contributed by atoms with E-state index in [-0.39, 0.29) is 10.6 Å². The lowest BCUT2D eigenvalue weighted by Gasteiger charge is -2.03. The predicted molar refractivity (Wildman–Crippen MR) is 66.5 cm³/mol. The van der Waals surface area contributed by atoms with Crippen molar-refractivity contribution in [2.24, 2.45) is 0 Å². The molecule has 1 heterocycles. The molecular formula is C12H9ClO2S. The smallest absolute Gasteiger partial charge is 0.337 e. The van der Waals surface area contributed by atoms with Gasteiger partial charge in [0.25, 0.3) is 0 Å². The third-order valence-electron chi connectivity index (χ3n) is 2.32. The van der Waals surface area contributed by atoms with E-state index >= 15 is 0 Å².